The molecule has 24 heavy (non-hydrogen) atoms. The summed E-state index contributed by atoms with van der Waals surface area (Å²) in [5, 5.41) is 0.714. The van der Waals surface area contributed by atoms with Crippen molar-refractivity contribution < 1.29 is 4.74 Å². The Morgan fingerprint density at radius 1 is 1.21 bits per heavy atom. The molecule has 2 heteroatoms. The zero-order chi connectivity index (χ0) is 16.9. The van der Waals surface area contributed by atoms with Crippen LogP contribution in [-0.2, 0) is 6.42 Å². The summed E-state index contributed by atoms with van der Waals surface area (Å²) < 4.78 is 6.22. The normalized spacial score (nSPS) is 27.2. The number of hydrogen-bond acceptors (Lipinski definition) is 1. The van der Waals surface area contributed by atoms with Crippen LogP contribution in [-0.4, -0.2) is 6.10 Å². The van der Waals surface area contributed by atoms with E-state index in [2.05, 4.69) is 30.8 Å². The van der Waals surface area contributed by atoms with Crippen LogP contribution in [0.15, 0.2) is 59.7 Å². The van der Waals surface area contributed by atoms with Crippen molar-refractivity contribution in [3.63, 3.8) is 0 Å². The molecule has 0 bridgehead atoms. The Hall–Kier alpha value is -1.47. The molecule has 0 spiro atoms. The quantitative estimate of drug-likeness (QED) is 0.540. The van der Waals surface area contributed by atoms with Gasteiger partial charge in [-0.05, 0) is 61.3 Å². The van der Waals surface area contributed by atoms with Gasteiger partial charge in [-0.25, -0.2) is 0 Å². The van der Waals surface area contributed by atoms with E-state index < -0.39 is 0 Å². The third kappa shape index (κ3) is 4.13. The highest BCUT2D eigenvalue weighted by Crippen LogP contribution is 2.45. The second-order valence-corrected chi connectivity index (χ2v) is 7.47. The molecule has 2 aliphatic rings. The molecule has 0 radical (unpaired) electrons. The largest absolute Gasteiger partial charge is 0.490 e. The molecule has 2 saturated carbocycles. The monoisotopic (exact) mass is 342 g/mol. The van der Waals surface area contributed by atoms with Crippen molar-refractivity contribution in [1.29, 1.82) is 0 Å². The fourth-order valence-corrected chi connectivity index (χ4v) is 4.39. The van der Waals surface area contributed by atoms with E-state index in [4.69, 9.17) is 16.3 Å². The van der Waals surface area contributed by atoms with Crippen LogP contribution in [0.4, 0.5) is 0 Å². The van der Waals surface area contributed by atoms with Crippen LogP contribution in [0.2, 0.25) is 0 Å². The summed E-state index contributed by atoms with van der Waals surface area (Å²) in [6.07, 6.45) is 13.7. The molecule has 128 valence electrons. The first kappa shape index (κ1) is 17.4. The van der Waals surface area contributed by atoms with Gasteiger partial charge in [-0.15, -0.1) is 0 Å². The number of ether oxygens (including phenoxy) is 1. The molecular weight excluding hydrogens is 316 g/mol. The van der Waals surface area contributed by atoms with Crippen LogP contribution in [0.3, 0.4) is 0 Å². The molecule has 0 N–H and O–H groups in total. The van der Waals surface area contributed by atoms with E-state index in [0.29, 0.717) is 11.1 Å². The summed E-state index contributed by atoms with van der Waals surface area (Å²) in [7, 11) is 0. The van der Waals surface area contributed by atoms with Crippen molar-refractivity contribution >= 4 is 11.6 Å². The first-order valence-electron chi connectivity index (χ1n) is 9.09. The lowest BCUT2D eigenvalue weighted by molar-refractivity contribution is 0.198. The van der Waals surface area contributed by atoms with Crippen LogP contribution in [0, 0.1) is 11.8 Å². The lowest BCUT2D eigenvalue weighted by Gasteiger charge is -2.15. The maximum absolute atomic E-state index is 6.24. The molecule has 1 nitrogen and oxygen atoms in total. The number of halogens is 1. The number of rotatable bonds is 6. The fraction of sp³-hybridized carbons (Fsp3) is 0.455. The highest BCUT2D eigenvalue weighted by atomic mass is 35.5. The van der Waals surface area contributed by atoms with E-state index in [-0.39, 0.29) is 0 Å². The standard InChI is InChI=1S/C22H27ClO/c1-3-6-19(22(23)4-2)13-16-9-11-20(12-10-16)24-21-14-17-7-5-8-18(17)15-21/h3-4,6,9-12,17-18,21H,2,5,7-8,13-15H2,1H3/b6-3-,22-19-. The summed E-state index contributed by atoms with van der Waals surface area (Å²) in [6.45, 7) is 5.76. The van der Waals surface area contributed by atoms with E-state index in [1.165, 1.54) is 37.7 Å². The Labute approximate surface area is 151 Å². The zero-order valence-electron chi connectivity index (χ0n) is 14.5. The van der Waals surface area contributed by atoms with Crippen LogP contribution >= 0.6 is 11.6 Å². The number of hydrogen-bond donors (Lipinski definition) is 0. The molecule has 0 aliphatic heterocycles. The predicted molar refractivity (Wildman–Crippen MR) is 103 cm³/mol. The lowest BCUT2D eigenvalue weighted by Crippen LogP contribution is -2.12. The summed E-state index contributed by atoms with van der Waals surface area (Å²) in [5.74, 6) is 2.84. The summed E-state index contributed by atoms with van der Waals surface area (Å²) in [5.41, 5.74) is 2.32. The van der Waals surface area contributed by atoms with Gasteiger partial charge < -0.3 is 4.74 Å². The molecule has 0 amide bonds. The van der Waals surface area contributed by atoms with Gasteiger partial charge in [0.1, 0.15) is 5.75 Å². The third-order valence-electron chi connectivity index (χ3n) is 5.42. The summed E-state index contributed by atoms with van der Waals surface area (Å²) in [4.78, 5) is 0. The first-order chi connectivity index (χ1) is 11.7. The molecule has 2 unspecified atom stereocenters. The highest BCUT2D eigenvalue weighted by molar-refractivity contribution is 6.31. The van der Waals surface area contributed by atoms with Crippen molar-refractivity contribution in [3.8, 4) is 5.75 Å². The van der Waals surface area contributed by atoms with Gasteiger partial charge in [-0.2, -0.15) is 0 Å². The fourth-order valence-electron chi connectivity index (χ4n) is 4.26. The maximum atomic E-state index is 6.24. The Balaban J connectivity index is 1.60. The molecule has 1 aromatic rings. The maximum Gasteiger partial charge on any atom is 0.119 e. The van der Waals surface area contributed by atoms with Gasteiger partial charge in [0.05, 0.1) is 6.10 Å². The van der Waals surface area contributed by atoms with E-state index in [1.807, 2.05) is 19.1 Å². The van der Waals surface area contributed by atoms with Crippen LogP contribution in [0.25, 0.3) is 0 Å². The second kappa shape index (κ2) is 8.07. The van der Waals surface area contributed by atoms with E-state index in [1.54, 1.807) is 6.08 Å². The van der Waals surface area contributed by atoms with Gasteiger partial charge in [0.2, 0.25) is 0 Å². The van der Waals surface area contributed by atoms with Crippen LogP contribution in [0.1, 0.15) is 44.6 Å². The summed E-state index contributed by atoms with van der Waals surface area (Å²) >= 11 is 6.24. The third-order valence-corrected chi connectivity index (χ3v) is 5.82. The molecule has 0 heterocycles. The number of allylic oxidation sites excluding steroid dienone is 5. The van der Waals surface area contributed by atoms with Crippen LogP contribution < -0.4 is 4.74 Å². The van der Waals surface area contributed by atoms with Crippen molar-refractivity contribution in [2.75, 3.05) is 0 Å². The molecule has 2 aliphatic carbocycles. The number of benzene rings is 1. The SMILES string of the molecule is C=C/C(Cl)=C(\C=C/C)Cc1ccc(OC2CC3CCCC3C2)cc1. The van der Waals surface area contributed by atoms with Crippen molar-refractivity contribution in [2.24, 2.45) is 11.8 Å². The van der Waals surface area contributed by atoms with Gasteiger partial charge >= 0.3 is 0 Å². The van der Waals surface area contributed by atoms with E-state index in [0.717, 1.165) is 29.6 Å². The first-order valence-corrected chi connectivity index (χ1v) is 9.46. The predicted octanol–water partition coefficient (Wildman–Crippen LogP) is 6.44. The van der Waals surface area contributed by atoms with Crippen molar-refractivity contribution in [3.05, 3.63) is 65.2 Å². The van der Waals surface area contributed by atoms with Crippen molar-refractivity contribution in [2.45, 2.75) is 51.6 Å². The lowest BCUT2D eigenvalue weighted by atomic mass is 10.0. The Morgan fingerprint density at radius 3 is 2.46 bits per heavy atom. The van der Waals surface area contributed by atoms with Crippen molar-refractivity contribution in [1.82, 2.24) is 0 Å². The summed E-state index contributed by atoms with van der Waals surface area (Å²) in [6, 6.07) is 8.47. The average molecular weight is 343 g/mol. The average Bonchev–Trinajstić information content (AvgIpc) is 3.17. The van der Waals surface area contributed by atoms with Gasteiger partial charge in [0, 0.05) is 5.03 Å². The minimum Gasteiger partial charge on any atom is -0.490 e. The second-order valence-electron chi connectivity index (χ2n) is 7.06. The highest BCUT2D eigenvalue weighted by Gasteiger charge is 2.38. The molecule has 0 aromatic heterocycles. The van der Waals surface area contributed by atoms with Crippen LogP contribution in [0.5, 0.6) is 5.75 Å². The van der Waals surface area contributed by atoms with E-state index in [9.17, 15) is 0 Å². The minimum atomic E-state index is 0.417. The molecule has 2 atom stereocenters. The van der Waals surface area contributed by atoms with E-state index >= 15 is 0 Å². The van der Waals surface area contributed by atoms with Gasteiger partial charge in [-0.1, -0.05) is 67.8 Å². The Kier molecular flexibility index (Phi) is 5.84. The molecule has 2 fully saturated rings. The number of fused-ring (bicyclic) bond motifs is 1. The molecule has 3 rings (SSSR count). The molecular formula is C22H27ClO. The topological polar surface area (TPSA) is 9.23 Å². The van der Waals surface area contributed by atoms with Gasteiger partial charge in [0.15, 0.2) is 0 Å². The minimum absolute atomic E-state index is 0.417. The Bertz CT molecular complexity index is 614. The van der Waals surface area contributed by atoms with Gasteiger partial charge in [-0.3, -0.25) is 0 Å². The molecule has 1 aromatic carbocycles. The smallest absolute Gasteiger partial charge is 0.119 e. The van der Waals surface area contributed by atoms with Gasteiger partial charge in [0.25, 0.3) is 0 Å². The Morgan fingerprint density at radius 2 is 1.88 bits per heavy atom. The molecule has 0 saturated heterocycles. The zero-order valence-corrected chi connectivity index (χ0v) is 15.3.